The Balaban J connectivity index is 1.77. The van der Waals surface area contributed by atoms with E-state index in [-0.39, 0.29) is 5.41 Å². The first kappa shape index (κ1) is 19.7. The van der Waals surface area contributed by atoms with Gasteiger partial charge in [0.1, 0.15) is 0 Å². The Labute approximate surface area is 160 Å². The molecule has 0 radical (unpaired) electrons. The van der Waals surface area contributed by atoms with Gasteiger partial charge in [-0.25, -0.2) is 0 Å². The van der Waals surface area contributed by atoms with Gasteiger partial charge in [0.2, 0.25) is 6.85 Å². The monoisotopic (exact) mass is 392 g/mol. The number of fused-ring (bicyclic) bond motifs is 3. The van der Waals surface area contributed by atoms with Gasteiger partial charge in [0.25, 0.3) is 0 Å². The quantitative estimate of drug-likeness (QED) is 0.440. The molecule has 0 amide bonds. The molecule has 0 spiro atoms. The van der Waals surface area contributed by atoms with Gasteiger partial charge in [-0.1, -0.05) is 34.1 Å². The lowest BCUT2D eigenvalue weighted by atomic mass is 9.44. The molecule has 3 saturated carbocycles. The third-order valence-corrected chi connectivity index (χ3v) is 9.14. The lowest BCUT2D eigenvalue weighted by molar-refractivity contribution is -0.131. The van der Waals surface area contributed by atoms with Crippen LogP contribution in [0.3, 0.4) is 0 Å². The maximum Gasteiger partial charge on any atom is 0.225 e. The van der Waals surface area contributed by atoms with E-state index < -0.39 is 6.85 Å². The summed E-state index contributed by atoms with van der Waals surface area (Å²) in [6.45, 7) is 9.37. The van der Waals surface area contributed by atoms with Gasteiger partial charge in [0.05, 0.1) is 6.61 Å². The molecule has 0 saturated heterocycles. The van der Waals surface area contributed by atoms with Crippen molar-refractivity contribution < 1.29 is 4.52 Å². The first-order chi connectivity index (χ1) is 11.3. The summed E-state index contributed by atoms with van der Waals surface area (Å²) in [6.07, 6.45) is 11.2. The molecule has 0 aromatic heterocycles. The second-order valence-corrected chi connectivity index (χ2v) is 12.8. The minimum absolute atomic E-state index is 0.261. The zero-order valence-corrected chi connectivity index (χ0v) is 18.3. The Kier molecular flexibility index (Phi) is 6.19. The van der Waals surface area contributed by atoms with Crippen molar-refractivity contribution in [3.63, 3.8) is 0 Å². The van der Waals surface area contributed by atoms with Gasteiger partial charge in [-0.3, -0.25) is 0 Å². The van der Waals surface area contributed by atoms with Crippen molar-refractivity contribution in [2.45, 2.75) is 79.1 Å². The average Bonchev–Trinajstić information content (AvgIpc) is 2.52. The standard InChI is InChI=1S/C20H35Cl2OP/c1-14(2)15-6-8-17-16(12-15)7-9-18-19(3,13-23-24(21)22)10-5-11-20(17,18)4/h14-18H,5-13H2,1-4H3/t15?,16?,17-,18?,19-,20-/m1/s1. The summed E-state index contributed by atoms with van der Waals surface area (Å²) in [7, 11) is 0. The molecular formula is C20H35Cl2OP. The molecule has 0 N–H and O–H groups in total. The molecule has 0 aliphatic heterocycles. The van der Waals surface area contributed by atoms with E-state index in [1.165, 1.54) is 51.4 Å². The molecule has 1 nitrogen and oxygen atoms in total. The highest BCUT2D eigenvalue weighted by molar-refractivity contribution is 8.00. The van der Waals surface area contributed by atoms with Crippen LogP contribution in [0, 0.1) is 40.4 Å². The summed E-state index contributed by atoms with van der Waals surface area (Å²) in [5.41, 5.74) is 0.764. The second kappa shape index (κ2) is 7.53. The number of hydrogen-bond donors (Lipinski definition) is 0. The average molecular weight is 393 g/mol. The summed E-state index contributed by atoms with van der Waals surface area (Å²) < 4.78 is 5.76. The lowest BCUT2D eigenvalue weighted by Gasteiger charge is -2.62. The van der Waals surface area contributed by atoms with Gasteiger partial charge in [-0.05, 0) is 108 Å². The van der Waals surface area contributed by atoms with Crippen LogP contribution in [0.1, 0.15) is 79.1 Å². The maximum absolute atomic E-state index is 5.93. The van der Waals surface area contributed by atoms with Crippen molar-refractivity contribution in [1.82, 2.24) is 0 Å². The molecule has 3 fully saturated rings. The van der Waals surface area contributed by atoms with Gasteiger partial charge in [0.15, 0.2) is 0 Å². The van der Waals surface area contributed by atoms with Crippen LogP contribution in [0.4, 0.5) is 0 Å². The molecule has 0 aromatic carbocycles. The Morgan fingerprint density at radius 2 is 1.83 bits per heavy atom. The maximum atomic E-state index is 5.93. The van der Waals surface area contributed by atoms with E-state index in [9.17, 15) is 0 Å². The van der Waals surface area contributed by atoms with Gasteiger partial charge in [0, 0.05) is 0 Å². The Bertz CT molecular complexity index is 443. The molecule has 0 aromatic rings. The lowest BCUT2D eigenvalue weighted by Crippen LogP contribution is -2.54. The molecule has 0 bridgehead atoms. The van der Waals surface area contributed by atoms with Gasteiger partial charge < -0.3 is 4.52 Å². The van der Waals surface area contributed by atoms with Crippen LogP contribution in [0.5, 0.6) is 0 Å². The van der Waals surface area contributed by atoms with Crippen molar-refractivity contribution in [3.05, 3.63) is 0 Å². The number of hydrogen-bond acceptors (Lipinski definition) is 1. The van der Waals surface area contributed by atoms with Crippen molar-refractivity contribution in [2.24, 2.45) is 40.4 Å². The van der Waals surface area contributed by atoms with E-state index in [0.29, 0.717) is 5.41 Å². The summed E-state index contributed by atoms with van der Waals surface area (Å²) in [4.78, 5) is 0. The van der Waals surface area contributed by atoms with E-state index in [2.05, 4.69) is 27.7 Å². The van der Waals surface area contributed by atoms with Crippen LogP contribution in [0.2, 0.25) is 0 Å². The number of halogens is 2. The van der Waals surface area contributed by atoms with Crippen LogP contribution in [0.15, 0.2) is 0 Å². The molecule has 4 heteroatoms. The summed E-state index contributed by atoms with van der Waals surface area (Å²) >= 11 is 11.9. The highest BCUT2D eigenvalue weighted by Gasteiger charge is 2.56. The molecule has 3 aliphatic carbocycles. The highest BCUT2D eigenvalue weighted by Crippen LogP contribution is 2.65. The summed E-state index contributed by atoms with van der Waals surface area (Å²) in [5.74, 6) is 4.49. The zero-order valence-electron chi connectivity index (χ0n) is 15.9. The van der Waals surface area contributed by atoms with E-state index >= 15 is 0 Å². The first-order valence-electron chi connectivity index (χ1n) is 10.0. The molecule has 0 heterocycles. The fraction of sp³-hybridized carbons (Fsp3) is 1.00. The Hall–Kier alpha value is 0.970. The molecule has 24 heavy (non-hydrogen) atoms. The van der Waals surface area contributed by atoms with E-state index in [0.717, 1.165) is 36.2 Å². The normalized spacial score (nSPS) is 46.0. The van der Waals surface area contributed by atoms with Gasteiger partial charge in [-0.2, -0.15) is 0 Å². The fourth-order valence-electron chi connectivity index (χ4n) is 6.98. The molecule has 3 unspecified atom stereocenters. The van der Waals surface area contributed by atoms with Crippen LogP contribution in [-0.4, -0.2) is 6.61 Å². The van der Waals surface area contributed by atoms with Crippen molar-refractivity contribution >= 4 is 29.3 Å². The zero-order chi connectivity index (χ0) is 17.5. The molecular weight excluding hydrogens is 358 g/mol. The van der Waals surface area contributed by atoms with Crippen LogP contribution in [0.25, 0.3) is 0 Å². The van der Waals surface area contributed by atoms with Gasteiger partial charge >= 0.3 is 0 Å². The van der Waals surface area contributed by atoms with Crippen LogP contribution in [-0.2, 0) is 4.52 Å². The second-order valence-electron chi connectivity index (χ2n) is 9.80. The fourth-order valence-corrected chi connectivity index (χ4v) is 7.67. The van der Waals surface area contributed by atoms with Crippen molar-refractivity contribution in [1.29, 1.82) is 0 Å². The largest absolute Gasteiger partial charge is 0.331 e. The molecule has 3 aliphatic rings. The van der Waals surface area contributed by atoms with E-state index in [1.807, 2.05) is 0 Å². The molecule has 6 atom stereocenters. The predicted molar refractivity (Wildman–Crippen MR) is 107 cm³/mol. The summed E-state index contributed by atoms with van der Waals surface area (Å²) in [6, 6.07) is 0. The van der Waals surface area contributed by atoms with E-state index in [4.69, 9.17) is 27.0 Å². The molecule has 140 valence electrons. The Morgan fingerprint density at radius 3 is 2.50 bits per heavy atom. The van der Waals surface area contributed by atoms with Gasteiger partial charge in [-0.15, -0.1) is 0 Å². The third kappa shape index (κ3) is 3.67. The third-order valence-electron chi connectivity index (χ3n) is 8.23. The van der Waals surface area contributed by atoms with Crippen LogP contribution < -0.4 is 0 Å². The smallest absolute Gasteiger partial charge is 0.225 e. The highest BCUT2D eigenvalue weighted by atomic mass is 35.9. The minimum atomic E-state index is -1.28. The number of rotatable bonds is 4. The van der Waals surface area contributed by atoms with Crippen molar-refractivity contribution in [3.8, 4) is 0 Å². The Morgan fingerprint density at radius 1 is 1.08 bits per heavy atom. The van der Waals surface area contributed by atoms with Crippen LogP contribution >= 0.6 is 29.3 Å². The topological polar surface area (TPSA) is 9.23 Å². The van der Waals surface area contributed by atoms with Crippen molar-refractivity contribution in [2.75, 3.05) is 6.61 Å². The van der Waals surface area contributed by atoms with E-state index in [1.54, 1.807) is 0 Å². The molecule has 3 rings (SSSR count). The SMILES string of the molecule is CC(C)C1CC[C@@H]2C(CCC3[C@@](C)(COP(Cl)Cl)CCC[C@@]32C)C1. The first-order valence-corrected chi connectivity index (χ1v) is 13.1. The minimum Gasteiger partial charge on any atom is -0.331 e. The predicted octanol–water partition coefficient (Wildman–Crippen LogP) is 8.00. The summed E-state index contributed by atoms with van der Waals surface area (Å²) in [5, 5.41) is 0.